The molecular formula is C23H23N3OS. The molecule has 5 heteroatoms. The quantitative estimate of drug-likeness (QED) is 0.572. The number of thiazole rings is 1. The van der Waals surface area contributed by atoms with Gasteiger partial charge >= 0.3 is 0 Å². The molecule has 4 nitrogen and oxygen atoms in total. The summed E-state index contributed by atoms with van der Waals surface area (Å²) in [5.41, 5.74) is 5.71. The largest absolute Gasteiger partial charge is 0.496 e. The number of aryl methyl sites for hydroxylation is 1. The lowest BCUT2D eigenvalue weighted by molar-refractivity contribution is 0.416. The average Bonchev–Trinajstić information content (AvgIpc) is 3.14. The van der Waals surface area contributed by atoms with Gasteiger partial charge in [-0.25, -0.2) is 4.68 Å². The molecule has 142 valence electrons. The Bertz CT molecular complexity index is 1090. The van der Waals surface area contributed by atoms with Crippen molar-refractivity contribution in [2.45, 2.75) is 19.3 Å². The third kappa shape index (κ3) is 3.58. The van der Waals surface area contributed by atoms with Gasteiger partial charge in [-0.15, -0.1) is 17.9 Å². The first-order valence-electron chi connectivity index (χ1n) is 9.43. The third-order valence-electron chi connectivity index (χ3n) is 4.83. The standard InChI is InChI=1S/C23H23N3OS/c1-3-15-24-23-26(21(16-28-23)19-12-6-7-14-22(19)27-2)25-20-13-8-10-17-9-4-5-11-18(17)20/h3-7,9,11-12,14,16H,1,8,10,13,15H2,2H3. The lowest BCUT2D eigenvalue weighted by atomic mass is 9.90. The molecule has 1 aliphatic carbocycles. The van der Waals surface area contributed by atoms with E-state index in [1.807, 2.05) is 22.9 Å². The second-order valence-electron chi connectivity index (χ2n) is 6.60. The normalized spacial score (nSPS) is 15.5. The molecule has 2 aromatic carbocycles. The van der Waals surface area contributed by atoms with Crippen LogP contribution >= 0.6 is 11.3 Å². The first-order chi connectivity index (χ1) is 13.8. The molecule has 0 amide bonds. The van der Waals surface area contributed by atoms with Crippen molar-refractivity contribution in [2.75, 3.05) is 13.7 Å². The Hall–Kier alpha value is -2.92. The Morgan fingerprint density at radius 3 is 2.71 bits per heavy atom. The molecule has 0 saturated carbocycles. The number of ether oxygens (including phenoxy) is 1. The summed E-state index contributed by atoms with van der Waals surface area (Å²) < 4.78 is 7.55. The summed E-state index contributed by atoms with van der Waals surface area (Å²) >= 11 is 1.59. The van der Waals surface area contributed by atoms with Crippen LogP contribution in [0.1, 0.15) is 24.0 Å². The summed E-state index contributed by atoms with van der Waals surface area (Å²) in [5.74, 6) is 0.827. The van der Waals surface area contributed by atoms with Gasteiger partial charge in [-0.3, -0.25) is 4.99 Å². The summed E-state index contributed by atoms with van der Waals surface area (Å²) in [7, 11) is 1.70. The van der Waals surface area contributed by atoms with E-state index in [2.05, 4.69) is 47.3 Å². The van der Waals surface area contributed by atoms with Gasteiger partial charge in [0.05, 0.1) is 25.1 Å². The van der Waals surface area contributed by atoms with Crippen LogP contribution in [0.15, 0.2) is 76.7 Å². The van der Waals surface area contributed by atoms with E-state index in [4.69, 9.17) is 9.84 Å². The Morgan fingerprint density at radius 1 is 1.11 bits per heavy atom. The van der Waals surface area contributed by atoms with Crippen LogP contribution in [-0.4, -0.2) is 24.0 Å². The van der Waals surface area contributed by atoms with Gasteiger partial charge in [0, 0.05) is 16.5 Å². The minimum absolute atomic E-state index is 0.563. The first kappa shape index (κ1) is 18.4. The zero-order valence-corrected chi connectivity index (χ0v) is 16.8. The van der Waals surface area contributed by atoms with Gasteiger partial charge in [-0.05, 0) is 37.0 Å². The van der Waals surface area contributed by atoms with Crippen molar-refractivity contribution in [3.63, 3.8) is 0 Å². The predicted octanol–water partition coefficient (Wildman–Crippen LogP) is 4.90. The predicted molar refractivity (Wildman–Crippen MR) is 116 cm³/mol. The van der Waals surface area contributed by atoms with Crippen LogP contribution in [0.3, 0.4) is 0 Å². The van der Waals surface area contributed by atoms with Gasteiger partial charge in [-0.2, -0.15) is 5.10 Å². The smallest absolute Gasteiger partial charge is 0.206 e. The third-order valence-corrected chi connectivity index (χ3v) is 5.69. The fourth-order valence-corrected chi connectivity index (χ4v) is 4.35. The molecule has 1 aromatic heterocycles. The van der Waals surface area contributed by atoms with Crippen molar-refractivity contribution in [3.05, 3.63) is 82.5 Å². The van der Waals surface area contributed by atoms with Crippen molar-refractivity contribution in [2.24, 2.45) is 10.1 Å². The highest BCUT2D eigenvalue weighted by Gasteiger charge is 2.17. The van der Waals surface area contributed by atoms with E-state index in [1.54, 1.807) is 24.5 Å². The van der Waals surface area contributed by atoms with E-state index in [0.29, 0.717) is 6.54 Å². The van der Waals surface area contributed by atoms with E-state index in [9.17, 15) is 0 Å². The second-order valence-corrected chi connectivity index (χ2v) is 7.44. The number of hydrogen-bond acceptors (Lipinski definition) is 4. The highest BCUT2D eigenvalue weighted by atomic mass is 32.1. The minimum Gasteiger partial charge on any atom is -0.496 e. The van der Waals surface area contributed by atoms with Crippen molar-refractivity contribution in [1.82, 2.24) is 4.68 Å². The Balaban J connectivity index is 1.91. The van der Waals surface area contributed by atoms with Crippen LogP contribution in [0.5, 0.6) is 5.75 Å². The SMILES string of the molecule is C=CCN=c1scc(-c2ccccc2OC)n1N=C1CCCc2ccccc21. The lowest BCUT2D eigenvalue weighted by Crippen LogP contribution is -2.18. The van der Waals surface area contributed by atoms with Gasteiger partial charge in [0.2, 0.25) is 4.80 Å². The number of para-hydroxylation sites is 1. The van der Waals surface area contributed by atoms with Gasteiger partial charge in [0.25, 0.3) is 0 Å². The molecule has 0 spiro atoms. The molecule has 0 saturated heterocycles. The fraction of sp³-hybridized carbons (Fsp3) is 0.217. The maximum absolute atomic E-state index is 5.59. The number of rotatable bonds is 5. The van der Waals surface area contributed by atoms with Crippen LogP contribution < -0.4 is 9.54 Å². The molecule has 0 radical (unpaired) electrons. The fourth-order valence-electron chi connectivity index (χ4n) is 3.51. The summed E-state index contributed by atoms with van der Waals surface area (Å²) in [4.78, 5) is 5.52. The summed E-state index contributed by atoms with van der Waals surface area (Å²) in [6.45, 7) is 4.35. The topological polar surface area (TPSA) is 38.9 Å². The highest BCUT2D eigenvalue weighted by molar-refractivity contribution is 7.07. The molecule has 1 aliphatic rings. The summed E-state index contributed by atoms with van der Waals surface area (Å²) in [6.07, 6.45) is 4.99. The van der Waals surface area contributed by atoms with Crippen LogP contribution in [0.2, 0.25) is 0 Å². The van der Waals surface area contributed by atoms with Crippen molar-refractivity contribution in [1.29, 1.82) is 0 Å². The maximum atomic E-state index is 5.59. The lowest BCUT2D eigenvalue weighted by Gasteiger charge is -2.18. The molecule has 0 unspecified atom stereocenters. The molecular weight excluding hydrogens is 366 g/mol. The Morgan fingerprint density at radius 2 is 1.89 bits per heavy atom. The van der Waals surface area contributed by atoms with E-state index in [1.165, 1.54) is 11.1 Å². The van der Waals surface area contributed by atoms with E-state index in [-0.39, 0.29) is 0 Å². The maximum Gasteiger partial charge on any atom is 0.206 e. The van der Waals surface area contributed by atoms with Crippen molar-refractivity contribution in [3.8, 4) is 17.0 Å². The van der Waals surface area contributed by atoms with Gasteiger partial charge in [0.15, 0.2) is 0 Å². The van der Waals surface area contributed by atoms with Crippen LogP contribution in [0.4, 0.5) is 0 Å². The number of methoxy groups -OCH3 is 1. The molecule has 0 N–H and O–H groups in total. The Labute approximate surface area is 169 Å². The van der Waals surface area contributed by atoms with Crippen molar-refractivity contribution < 1.29 is 4.74 Å². The van der Waals surface area contributed by atoms with E-state index < -0.39 is 0 Å². The molecule has 0 bridgehead atoms. The van der Waals surface area contributed by atoms with Gasteiger partial charge in [-0.1, -0.05) is 42.5 Å². The van der Waals surface area contributed by atoms with Gasteiger partial charge < -0.3 is 4.74 Å². The number of benzene rings is 2. The Kier molecular flexibility index (Phi) is 5.53. The zero-order chi connectivity index (χ0) is 19.3. The number of fused-ring (bicyclic) bond motifs is 1. The minimum atomic E-state index is 0.563. The molecule has 0 fully saturated rings. The highest BCUT2D eigenvalue weighted by Crippen LogP contribution is 2.30. The van der Waals surface area contributed by atoms with Crippen LogP contribution in [0.25, 0.3) is 11.3 Å². The van der Waals surface area contributed by atoms with E-state index in [0.717, 1.165) is 46.8 Å². The van der Waals surface area contributed by atoms with Crippen LogP contribution in [-0.2, 0) is 6.42 Å². The molecule has 0 atom stereocenters. The molecule has 4 rings (SSSR count). The summed E-state index contributed by atoms with van der Waals surface area (Å²) in [5, 5.41) is 7.18. The number of nitrogens with zero attached hydrogens (tertiary/aromatic N) is 3. The monoisotopic (exact) mass is 389 g/mol. The van der Waals surface area contributed by atoms with Crippen LogP contribution in [0, 0.1) is 0 Å². The molecule has 3 aromatic rings. The molecule has 0 aliphatic heterocycles. The molecule has 28 heavy (non-hydrogen) atoms. The number of hydrogen-bond donors (Lipinski definition) is 0. The van der Waals surface area contributed by atoms with E-state index >= 15 is 0 Å². The number of aromatic nitrogens is 1. The zero-order valence-electron chi connectivity index (χ0n) is 16.0. The van der Waals surface area contributed by atoms with Crippen molar-refractivity contribution >= 4 is 17.0 Å². The molecule has 1 heterocycles. The average molecular weight is 390 g/mol. The van der Waals surface area contributed by atoms with Gasteiger partial charge in [0.1, 0.15) is 5.75 Å². The summed E-state index contributed by atoms with van der Waals surface area (Å²) in [6, 6.07) is 16.6. The second kappa shape index (κ2) is 8.40. The first-order valence-corrected chi connectivity index (χ1v) is 10.3.